The first kappa shape index (κ1) is 12.5. The molecule has 0 radical (unpaired) electrons. The number of rotatable bonds is 4. The summed E-state index contributed by atoms with van der Waals surface area (Å²) in [4.78, 5) is 0. The SMILES string of the molecule is C=C(C)/C(=C\C(Cl)=C/C)C(O)CC. The number of halogens is 1. The Labute approximate surface area is 85.4 Å². The summed E-state index contributed by atoms with van der Waals surface area (Å²) in [7, 11) is 0. The Bertz CT molecular complexity index is 238. The highest BCUT2D eigenvalue weighted by molar-refractivity contribution is 6.31. The van der Waals surface area contributed by atoms with E-state index in [2.05, 4.69) is 6.58 Å². The van der Waals surface area contributed by atoms with Crippen molar-refractivity contribution in [1.29, 1.82) is 0 Å². The third-order valence-electron chi connectivity index (χ3n) is 1.81. The smallest absolute Gasteiger partial charge is 0.0790 e. The van der Waals surface area contributed by atoms with Crippen LogP contribution in [0.4, 0.5) is 0 Å². The molecular weight excluding hydrogens is 184 g/mol. The van der Waals surface area contributed by atoms with Gasteiger partial charge in [0.05, 0.1) is 6.10 Å². The van der Waals surface area contributed by atoms with Gasteiger partial charge in [0.2, 0.25) is 0 Å². The van der Waals surface area contributed by atoms with Crippen LogP contribution in [0.2, 0.25) is 0 Å². The van der Waals surface area contributed by atoms with Gasteiger partial charge in [-0.25, -0.2) is 0 Å². The summed E-state index contributed by atoms with van der Waals surface area (Å²) in [5.74, 6) is 0. The molecule has 0 spiro atoms. The van der Waals surface area contributed by atoms with Crippen molar-refractivity contribution in [2.24, 2.45) is 0 Å². The Morgan fingerprint density at radius 3 is 2.46 bits per heavy atom. The Morgan fingerprint density at radius 2 is 2.15 bits per heavy atom. The van der Waals surface area contributed by atoms with E-state index in [0.717, 1.165) is 11.1 Å². The fraction of sp³-hybridized carbons (Fsp3) is 0.455. The standard InChI is InChI=1S/C11H17ClO/c1-5-9(12)7-10(8(3)4)11(13)6-2/h5,7,11,13H,3,6H2,1-2,4H3/b9-5+,10-7+. The van der Waals surface area contributed by atoms with Gasteiger partial charge in [-0.05, 0) is 31.9 Å². The molecule has 0 heterocycles. The third kappa shape index (κ3) is 4.30. The zero-order valence-corrected chi connectivity index (χ0v) is 9.23. The molecule has 1 nitrogen and oxygen atoms in total. The summed E-state index contributed by atoms with van der Waals surface area (Å²) in [6, 6.07) is 0. The average Bonchev–Trinajstić information content (AvgIpc) is 2.11. The lowest BCUT2D eigenvalue weighted by molar-refractivity contribution is 0.209. The summed E-state index contributed by atoms with van der Waals surface area (Å²) in [5, 5.41) is 10.2. The van der Waals surface area contributed by atoms with Crippen molar-refractivity contribution >= 4 is 11.6 Å². The molecule has 0 aromatic heterocycles. The maximum absolute atomic E-state index is 9.62. The van der Waals surface area contributed by atoms with Crippen molar-refractivity contribution in [3.63, 3.8) is 0 Å². The van der Waals surface area contributed by atoms with Gasteiger partial charge in [-0.2, -0.15) is 0 Å². The lowest BCUT2D eigenvalue weighted by Crippen LogP contribution is -2.09. The van der Waals surface area contributed by atoms with Crippen LogP contribution in [-0.4, -0.2) is 11.2 Å². The van der Waals surface area contributed by atoms with Gasteiger partial charge in [-0.1, -0.05) is 36.8 Å². The quantitative estimate of drug-likeness (QED) is 0.690. The average molecular weight is 201 g/mol. The highest BCUT2D eigenvalue weighted by Crippen LogP contribution is 2.18. The fourth-order valence-corrected chi connectivity index (χ4v) is 1.07. The topological polar surface area (TPSA) is 20.2 Å². The van der Waals surface area contributed by atoms with Crippen LogP contribution in [0.15, 0.2) is 34.9 Å². The number of hydrogen-bond donors (Lipinski definition) is 1. The van der Waals surface area contributed by atoms with Crippen LogP contribution in [0, 0.1) is 0 Å². The van der Waals surface area contributed by atoms with Crippen LogP contribution in [0.5, 0.6) is 0 Å². The first-order valence-corrected chi connectivity index (χ1v) is 4.78. The molecule has 1 N–H and O–H groups in total. The second-order valence-electron chi connectivity index (χ2n) is 2.98. The lowest BCUT2D eigenvalue weighted by atomic mass is 10.0. The van der Waals surface area contributed by atoms with Gasteiger partial charge >= 0.3 is 0 Å². The second kappa shape index (κ2) is 6.01. The molecule has 0 saturated heterocycles. The van der Waals surface area contributed by atoms with Gasteiger partial charge in [-0.15, -0.1) is 0 Å². The molecule has 0 aromatic rings. The minimum absolute atomic E-state index is 0.466. The molecule has 0 saturated carbocycles. The largest absolute Gasteiger partial charge is 0.388 e. The van der Waals surface area contributed by atoms with Gasteiger partial charge in [0, 0.05) is 5.03 Å². The molecule has 0 aliphatic rings. The molecule has 0 aromatic carbocycles. The zero-order chi connectivity index (χ0) is 10.4. The Kier molecular flexibility index (Phi) is 5.76. The summed E-state index contributed by atoms with van der Waals surface area (Å²) < 4.78 is 0. The molecule has 13 heavy (non-hydrogen) atoms. The van der Waals surface area contributed by atoms with Gasteiger partial charge in [0.15, 0.2) is 0 Å². The second-order valence-corrected chi connectivity index (χ2v) is 3.41. The highest BCUT2D eigenvalue weighted by atomic mass is 35.5. The maximum atomic E-state index is 9.62. The minimum Gasteiger partial charge on any atom is -0.388 e. The van der Waals surface area contributed by atoms with Crippen molar-refractivity contribution in [2.45, 2.75) is 33.3 Å². The monoisotopic (exact) mass is 200 g/mol. The van der Waals surface area contributed by atoms with Gasteiger partial charge < -0.3 is 5.11 Å². The molecule has 1 atom stereocenters. The first-order valence-electron chi connectivity index (χ1n) is 4.40. The number of aliphatic hydroxyl groups is 1. The summed E-state index contributed by atoms with van der Waals surface area (Å²) in [6.45, 7) is 9.44. The van der Waals surface area contributed by atoms with Crippen molar-refractivity contribution < 1.29 is 5.11 Å². The van der Waals surface area contributed by atoms with E-state index in [1.807, 2.05) is 20.8 Å². The highest BCUT2D eigenvalue weighted by Gasteiger charge is 2.08. The van der Waals surface area contributed by atoms with Gasteiger partial charge in [0.25, 0.3) is 0 Å². The molecule has 1 unspecified atom stereocenters. The van der Waals surface area contributed by atoms with E-state index >= 15 is 0 Å². The molecule has 0 aliphatic heterocycles. The van der Waals surface area contributed by atoms with Crippen molar-refractivity contribution in [2.75, 3.05) is 0 Å². The number of allylic oxidation sites excluding steroid dienone is 3. The predicted octanol–water partition coefficient (Wildman–Crippen LogP) is 3.40. The van der Waals surface area contributed by atoms with Gasteiger partial charge in [0.1, 0.15) is 0 Å². The Morgan fingerprint density at radius 1 is 1.62 bits per heavy atom. The molecule has 0 aliphatic carbocycles. The predicted molar refractivity (Wildman–Crippen MR) is 58.8 cm³/mol. The van der Waals surface area contributed by atoms with Crippen molar-refractivity contribution in [3.05, 3.63) is 34.9 Å². The molecule has 0 rings (SSSR count). The van der Waals surface area contributed by atoms with E-state index in [1.165, 1.54) is 0 Å². The third-order valence-corrected chi connectivity index (χ3v) is 2.13. The molecular formula is C11H17ClO. The Hall–Kier alpha value is -0.530. The summed E-state index contributed by atoms with van der Waals surface area (Å²) in [6.07, 6.45) is 3.75. The van der Waals surface area contributed by atoms with E-state index in [4.69, 9.17) is 11.6 Å². The molecule has 0 fully saturated rings. The summed E-state index contributed by atoms with van der Waals surface area (Å²) >= 11 is 5.84. The van der Waals surface area contributed by atoms with Crippen LogP contribution >= 0.6 is 11.6 Å². The van der Waals surface area contributed by atoms with Crippen LogP contribution < -0.4 is 0 Å². The van der Waals surface area contributed by atoms with E-state index < -0.39 is 6.10 Å². The normalized spacial score (nSPS) is 15.8. The zero-order valence-electron chi connectivity index (χ0n) is 8.47. The number of aliphatic hydroxyl groups excluding tert-OH is 1. The van der Waals surface area contributed by atoms with Crippen LogP contribution in [0.1, 0.15) is 27.2 Å². The fourth-order valence-electron chi connectivity index (χ4n) is 0.956. The molecule has 74 valence electrons. The first-order chi connectivity index (χ1) is 6.02. The molecule has 0 bridgehead atoms. The lowest BCUT2D eigenvalue weighted by Gasteiger charge is -2.12. The van der Waals surface area contributed by atoms with Gasteiger partial charge in [-0.3, -0.25) is 0 Å². The summed E-state index contributed by atoms with van der Waals surface area (Å²) in [5.41, 5.74) is 1.67. The van der Waals surface area contributed by atoms with Crippen LogP contribution in [0.25, 0.3) is 0 Å². The van der Waals surface area contributed by atoms with Crippen LogP contribution in [0.3, 0.4) is 0 Å². The van der Waals surface area contributed by atoms with Crippen LogP contribution in [-0.2, 0) is 0 Å². The molecule has 0 amide bonds. The van der Waals surface area contributed by atoms with E-state index in [-0.39, 0.29) is 0 Å². The Balaban J connectivity index is 4.81. The van der Waals surface area contributed by atoms with Crippen molar-refractivity contribution in [3.8, 4) is 0 Å². The number of hydrogen-bond acceptors (Lipinski definition) is 1. The van der Waals surface area contributed by atoms with Crippen molar-refractivity contribution in [1.82, 2.24) is 0 Å². The minimum atomic E-state index is -0.466. The van der Waals surface area contributed by atoms with E-state index in [9.17, 15) is 5.11 Å². The maximum Gasteiger partial charge on any atom is 0.0790 e. The molecule has 2 heteroatoms. The van der Waals surface area contributed by atoms with E-state index in [1.54, 1.807) is 12.2 Å². The van der Waals surface area contributed by atoms with E-state index in [0.29, 0.717) is 11.5 Å².